The number of benzene rings is 2. The lowest BCUT2D eigenvalue weighted by molar-refractivity contribution is -0.121. The molecule has 4 nitrogen and oxygen atoms in total. The van der Waals surface area contributed by atoms with Crippen LogP contribution in [0.15, 0.2) is 65.4 Å². The number of carbonyl (C=O) groups is 1. The molecule has 1 heterocycles. The molecule has 24 heavy (non-hydrogen) atoms. The van der Waals surface area contributed by atoms with Crippen molar-refractivity contribution in [2.45, 2.75) is 19.4 Å². The van der Waals surface area contributed by atoms with Crippen molar-refractivity contribution in [1.29, 1.82) is 0 Å². The molecule has 0 unspecified atom stereocenters. The molecule has 0 aliphatic carbocycles. The standard InChI is InChI=1S/C19H17FN2O2/c20-17-8-4-7-15(11-17)19-16(13-24-22-19)9-10-18(23)21-12-14-5-2-1-3-6-14/h1-8,11,13H,9-10,12H2,(H,21,23). The molecular weight excluding hydrogens is 307 g/mol. The molecule has 5 heteroatoms. The summed E-state index contributed by atoms with van der Waals surface area (Å²) in [6, 6.07) is 15.9. The maximum absolute atomic E-state index is 13.3. The predicted octanol–water partition coefficient (Wildman–Crippen LogP) is 3.73. The molecule has 0 aliphatic heterocycles. The minimum Gasteiger partial charge on any atom is -0.364 e. The first-order valence-corrected chi connectivity index (χ1v) is 7.72. The Labute approximate surface area is 139 Å². The van der Waals surface area contributed by atoms with E-state index in [0.717, 1.165) is 11.1 Å². The third kappa shape index (κ3) is 4.07. The summed E-state index contributed by atoms with van der Waals surface area (Å²) in [5.41, 5.74) is 3.06. The number of hydrogen-bond donors (Lipinski definition) is 1. The summed E-state index contributed by atoms with van der Waals surface area (Å²) in [5.74, 6) is -0.382. The predicted molar refractivity (Wildman–Crippen MR) is 88.5 cm³/mol. The van der Waals surface area contributed by atoms with Crippen LogP contribution < -0.4 is 5.32 Å². The number of nitrogens with one attached hydrogen (secondary N) is 1. The first-order chi connectivity index (χ1) is 11.7. The molecule has 0 saturated carbocycles. The van der Waals surface area contributed by atoms with Crippen LogP contribution >= 0.6 is 0 Å². The number of carbonyl (C=O) groups excluding carboxylic acids is 1. The maximum atomic E-state index is 13.3. The SMILES string of the molecule is O=C(CCc1conc1-c1cccc(F)c1)NCc1ccccc1. The second-order valence-corrected chi connectivity index (χ2v) is 5.46. The Hall–Kier alpha value is -2.95. The van der Waals surface area contributed by atoms with Gasteiger partial charge in [-0.1, -0.05) is 47.6 Å². The van der Waals surface area contributed by atoms with E-state index in [2.05, 4.69) is 10.5 Å². The van der Waals surface area contributed by atoms with Gasteiger partial charge < -0.3 is 9.84 Å². The van der Waals surface area contributed by atoms with Gasteiger partial charge in [-0.05, 0) is 24.1 Å². The van der Waals surface area contributed by atoms with E-state index in [1.807, 2.05) is 30.3 Å². The molecular formula is C19H17FN2O2. The molecule has 0 atom stereocenters. The molecule has 122 valence electrons. The van der Waals surface area contributed by atoms with Crippen LogP contribution in [-0.4, -0.2) is 11.1 Å². The van der Waals surface area contributed by atoms with Gasteiger partial charge in [-0.3, -0.25) is 4.79 Å². The van der Waals surface area contributed by atoms with Gasteiger partial charge in [0.2, 0.25) is 5.91 Å². The quantitative estimate of drug-likeness (QED) is 0.751. The van der Waals surface area contributed by atoms with E-state index >= 15 is 0 Å². The Morgan fingerprint density at radius 3 is 2.75 bits per heavy atom. The highest BCUT2D eigenvalue weighted by Crippen LogP contribution is 2.23. The molecule has 0 aliphatic rings. The van der Waals surface area contributed by atoms with Gasteiger partial charge in [0.25, 0.3) is 0 Å². The molecule has 0 saturated heterocycles. The van der Waals surface area contributed by atoms with Crippen LogP contribution in [0.5, 0.6) is 0 Å². The molecule has 1 N–H and O–H groups in total. The highest BCUT2D eigenvalue weighted by Gasteiger charge is 2.12. The zero-order valence-corrected chi connectivity index (χ0v) is 13.0. The van der Waals surface area contributed by atoms with Crippen molar-refractivity contribution in [2.75, 3.05) is 0 Å². The van der Waals surface area contributed by atoms with Crippen molar-refractivity contribution in [3.8, 4) is 11.3 Å². The number of amides is 1. The maximum Gasteiger partial charge on any atom is 0.220 e. The molecule has 3 aromatic rings. The third-order valence-electron chi connectivity index (χ3n) is 3.70. The molecule has 0 fully saturated rings. The molecule has 0 bridgehead atoms. The van der Waals surface area contributed by atoms with Gasteiger partial charge in [-0.15, -0.1) is 0 Å². The molecule has 1 amide bonds. The van der Waals surface area contributed by atoms with Crippen LogP contribution in [0.1, 0.15) is 17.5 Å². The first kappa shape index (κ1) is 15.9. The summed E-state index contributed by atoms with van der Waals surface area (Å²) in [7, 11) is 0. The molecule has 3 rings (SSSR count). The van der Waals surface area contributed by atoms with E-state index in [-0.39, 0.29) is 11.7 Å². The van der Waals surface area contributed by atoms with Crippen LogP contribution in [-0.2, 0) is 17.8 Å². The van der Waals surface area contributed by atoms with E-state index in [9.17, 15) is 9.18 Å². The van der Waals surface area contributed by atoms with Crippen LogP contribution in [0.25, 0.3) is 11.3 Å². The van der Waals surface area contributed by atoms with Crippen LogP contribution in [0.2, 0.25) is 0 Å². The Morgan fingerprint density at radius 1 is 1.12 bits per heavy atom. The van der Waals surface area contributed by atoms with E-state index in [4.69, 9.17) is 4.52 Å². The lowest BCUT2D eigenvalue weighted by atomic mass is 10.0. The van der Waals surface area contributed by atoms with E-state index in [1.165, 1.54) is 18.4 Å². The molecule has 0 radical (unpaired) electrons. The van der Waals surface area contributed by atoms with Crippen molar-refractivity contribution in [3.05, 3.63) is 77.8 Å². The molecule has 0 spiro atoms. The average Bonchev–Trinajstić information content (AvgIpc) is 3.08. The topological polar surface area (TPSA) is 55.1 Å². The summed E-state index contributed by atoms with van der Waals surface area (Å²) in [6.45, 7) is 0.500. The minimum absolute atomic E-state index is 0.0507. The van der Waals surface area contributed by atoms with Crippen molar-refractivity contribution in [1.82, 2.24) is 10.5 Å². The highest BCUT2D eigenvalue weighted by molar-refractivity contribution is 5.76. The van der Waals surface area contributed by atoms with Gasteiger partial charge in [0.15, 0.2) is 0 Å². The van der Waals surface area contributed by atoms with Crippen LogP contribution in [0.4, 0.5) is 4.39 Å². The van der Waals surface area contributed by atoms with Gasteiger partial charge in [-0.2, -0.15) is 0 Å². The normalized spacial score (nSPS) is 10.5. The summed E-state index contributed by atoms with van der Waals surface area (Å²) in [4.78, 5) is 12.0. The number of aryl methyl sites for hydroxylation is 1. The average molecular weight is 324 g/mol. The summed E-state index contributed by atoms with van der Waals surface area (Å²) in [6.07, 6.45) is 2.30. The second kappa shape index (κ2) is 7.55. The minimum atomic E-state index is -0.331. The zero-order valence-electron chi connectivity index (χ0n) is 13.0. The number of halogens is 1. The zero-order chi connectivity index (χ0) is 16.8. The lowest BCUT2D eigenvalue weighted by Crippen LogP contribution is -2.22. The van der Waals surface area contributed by atoms with Gasteiger partial charge in [0, 0.05) is 24.1 Å². The fourth-order valence-electron chi connectivity index (χ4n) is 2.44. The van der Waals surface area contributed by atoms with Gasteiger partial charge in [0.05, 0.1) is 0 Å². The molecule has 2 aromatic carbocycles. The summed E-state index contributed by atoms with van der Waals surface area (Å²) in [5, 5.41) is 6.81. The fraction of sp³-hybridized carbons (Fsp3) is 0.158. The fourth-order valence-corrected chi connectivity index (χ4v) is 2.44. The van der Waals surface area contributed by atoms with Crippen molar-refractivity contribution >= 4 is 5.91 Å². The highest BCUT2D eigenvalue weighted by atomic mass is 19.1. The van der Waals surface area contributed by atoms with Crippen molar-refractivity contribution < 1.29 is 13.7 Å². The van der Waals surface area contributed by atoms with Crippen molar-refractivity contribution in [3.63, 3.8) is 0 Å². The Balaban J connectivity index is 1.57. The summed E-state index contributed by atoms with van der Waals surface area (Å²) < 4.78 is 18.3. The third-order valence-corrected chi connectivity index (χ3v) is 3.70. The monoisotopic (exact) mass is 324 g/mol. The lowest BCUT2D eigenvalue weighted by Gasteiger charge is -2.05. The number of hydrogen-bond acceptors (Lipinski definition) is 3. The van der Waals surface area contributed by atoms with E-state index in [1.54, 1.807) is 12.1 Å². The largest absolute Gasteiger partial charge is 0.364 e. The Kier molecular flexibility index (Phi) is 5.01. The smallest absolute Gasteiger partial charge is 0.220 e. The number of aromatic nitrogens is 1. The molecule has 1 aromatic heterocycles. The summed E-state index contributed by atoms with van der Waals surface area (Å²) >= 11 is 0. The Bertz CT molecular complexity index is 815. The first-order valence-electron chi connectivity index (χ1n) is 7.72. The van der Waals surface area contributed by atoms with E-state index < -0.39 is 0 Å². The van der Waals surface area contributed by atoms with E-state index in [0.29, 0.717) is 30.6 Å². The number of nitrogens with zero attached hydrogens (tertiary/aromatic N) is 1. The van der Waals surface area contributed by atoms with Gasteiger partial charge >= 0.3 is 0 Å². The van der Waals surface area contributed by atoms with Gasteiger partial charge in [0.1, 0.15) is 17.8 Å². The number of rotatable bonds is 6. The van der Waals surface area contributed by atoms with Crippen LogP contribution in [0, 0.1) is 5.82 Å². The van der Waals surface area contributed by atoms with Crippen molar-refractivity contribution in [2.24, 2.45) is 0 Å². The van der Waals surface area contributed by atoms with Gasteiger partial charge in [-0.25, -0.2) is 4.39 Å². The van der Waals surface area contributed by atoms with Crippen LogP contribution in [0.3, 0.4) is 0 Å². The Morgan fingerprint density at radius 2 is 1.96 bits per heavy atom. The second-order valence-electron chi connectivity index (χ2n) is 5.46.